The van der Waals surface area contributed by atoms with Gasteiger partial charge in [0, 0.05) is 28.9 Å². The lowest BCUT2D eigenvalue weighted by Crippen LogP contribution is -2.24. The van der Waals surface area contributed by atoms with Crippen molar-refractivity contribution < 1.29 is 4.79 Å². The van der Waals surface area contributed by atoms with Crippen molar-refractivity contribution in [3.63, 3.8) is 0 Å². The first-order chi connectivity index (χ1) is 12.5. The predicted molar refractivity (Wildman–Crippen MR) is 101 cm³/mol. The van der Waals surface area contributed by atoms with Crippen molar-refractivity contribution in [3.8, 4) is 5.69 Å². The van der Waals surface area contributed by atoms with Gasteiger partial charge in [-0.1, -0.05) is 18.2 Å². The van der Waals surface area contributed by atoms with Crippen LogP contribution in [0.2, 0.25) is 0 Å². The molecule has 7 nitrogen and oxygen atoms in total. The van der Waals surface area contributed by atoms with E-state index in [-0.39, 0.29) is 5.96 Å². The van der Waals surface area contributed by atoms with Gasteiger partial charge in [0.25, 0.3) is 5.91 Å². The molecule has 128 valence electrons. The molecule has 0 aliphatic rings. The molecule has 0 aliphatic heterocycles. The maximum Gasteiger partial charge on any atom is 0.282 e. The van der Waals surface area contributed by atoms with Gasteiger partial charge in [0.1, 0.15) is 5.65 Å². The minimum Gasteiger partial charge on any atom is -0.370 e. The van der Waals surface area contributed by atoms with Crippen LogP contribution in [0.15, 0.2) is 59.9 Å². The summed E-state index contributed by atoms with van der Waals surface area (Å²) in [6, 6.07) is 13.4. The van der Waals surface area contributed by atoms with Gasteiger partial charge in [-0.25, -0.2) is 4.98 Å². The fourth-order valence-electron chi connectivity index (χ4n) is 3.08. The number of nitrogens with zero attached hydrogens (tertiary/aromatic N) is 4. The third-order valence-corrected chi connectivity index (χ3v) is 4.11. The number of pyridine rings is 2. The Morgan fingerprint density at radius 2 is 1.88 bits per heavy atom. The fourth-order valence-corrected chi connectivity index (χ4v) is 3.08. The van der Waals surface area contributed by atoms with Crippen molar-refractivity contribution in [2.45, 2.75) is 6.92 Å². The van der Waals surface area contributed by atoms with Crippen LogP contribution in [0.3, 0.4) is 0 Å². The SMILES string of the molecule is Cc1cc(-n2cc(C(=O)N=C(N)N)c3cccnc32)c2ccccc2n1. The molecule has 0 unspecified atom stereocenters. The van der Waals surface area contributed by atoms with Crippen molar-refractivity contribution in [2.24, 2.45) is 16.5 Å². The van der Waals surface area contributed by atoms with Gasteiger partial charge in [0.05, 0.1) is 16.8 Å². The standard InChI is InChI=1S/C19H16N6O/c1-11-9-16(13-5-2-3-7-15(13)23-11)25-10-14(18(26)24-19(20)21)12-6-4-8-22-17(12)25/h2-10H,1H3,(H4,20,21,24,26). The quantitative estimate of drug-likeness (QED) is 0.428. The normalized spacial score (nSPS) is 11.0. The van der Waals surface area contributed by atoms with Crippen LogP contribution in [-0.4, -0.2) is 26.4 Å². The zero-order valence-corrected chi connectivity index (χ0v) is 14.0. The molecule has 0 saturated heterocycles. The highest BCUT2D eigenvalue weighted by Crippen LogP contribution is 2.28. The number of carbonyl (C=O) groups excluding carboxylic acids is 1. The van der Waals surface area contributed by atoms with E-state index in [1.165, 1.54) is 0 Å². The second-order valence-electron chi connectivity index (χ2n) is 5.93. The van der Waals surface area contributed by atoms with Gasteiger partial charge in [-0.05, 0) is 31.2 Å². The number of aryl methyl sites for hydroxylation is 1. The maximum absolute atomic E-state index is 12.4. The second kappa shape index (κ2) is 5.96. The number of benzene rings is 1. The van der Waals surface area contributed by atoms with Gasteiger partial charge in [-0.3, -0.25) is 14.3 Å². The van der Waals surface area contributed by atoms with Crippen LogP contribution in [0.5, 0.6) is 0 Å². The van der Waals surface area contributed by atoms with Gasteiger partial charge >= 0.3 is 0 Å². The summed E-state index contributed by atoms with van der Waals surface area (Å²) in [7, 11) is 0. The largest absolute Gasteiger partial charge is 0.370 e. The molecule has 3 aromatic heterocycles. The highest BCUT2D eigenvalue weighted by atomic mass is 16.1. The average molecular weight is 344 g/mol. The summed E-state index contributed by atoms with van der Waals surface area (Å²) >= 11 is 0. The molecule has 26 heavy (non-hydrogen) atoms. The van der Waals surface area contributed by atoms with Crippen LogP contribution in [0.25, 0.3) is 27.6 Å². The van der Waals surface area contributed by atoms with Crippen LogP contribution in [0.4, 0.5) is 0 Å². The first kappa shape index (κ1) is 15.8. The number of aromatic nitrogens is 3. The zero-order chi connectivity index (χ0) is 18.3. The van der Waals surface area contributed by atoms with Crippen molar-refractivity contribution >= 4 is 33.8 Å². The van der Waals surface area contributed by atoms with E-state index in [9.17, 15) is 4.79 Å². The monoisotopic (exact) mass is 344 g/mol. The highest BCUT2D eigenvalue weighted by molar-refractivity contribution is 6.10. The fraction of sp³-hybridized carbons (Fsp3) is 0.0526. The van der Waals surface area contributed by atoms with E-state index in [1.807, 2.05) is 47.9 Å². The molecule has 0 saturated carbocycles. The molecule has 1 amide bonds. The molecule has 0 spiro atoms. The average Bonchev–Trinajstić information content (AvgIpc) is 3.00. The second-order valence-corrected chi connectivity index (χ2v) is 5.93. The van der Waals surface area contributed by atoms with Crippen molar-refractivity contribution in [2.75, 3.05) is 0 Å². The van der Waals surface area contributed by atoms with Crippen molar-refractivity contribution in [1.29, 1.82) is 0 Å². The van der Waals surface area contributed by atoms with Crippen LogP contribution < -0.4 is 11.5 Å². The molecule has 7 heteroatoms. The van der Waals surface area contributed by atoms with E-state index in [0.717, 1.165) is 22.3 Å². The number of rotatable bonds is 2. The molecular formula is C19H16N6O. The van der Waals surface area contributed by atoms with Gasteiger partial charge < -0.3 is 11.5 Å². The lowest BCUT2D eigenvalue weighted by Gasteiger charge is -2.10. The number of para-hydroxylation sites is 1. The zero-order valence-electron chi connectivity index (χ0n) is 14.0. The highest BCUT2D eigenvalue weighted by Gasteiger charge is 2.18. The number of amides is 1. The van der Waals surface area contributed by atoms with E-state index < -0.39 is 5.91 Å². The number of carbonyl (C=O) groups is 1. The number of guanidine groups is 1. The summed E-state index contributed by atoms with van der Waals surface area (Å²) in [5.74, 6) is -0.776. The van der Waals surface area contributed by atoms with E-state index in [2.05, 4.69) is 15.0 Å². The summed E-state index contributed by atoms with van der Waals surface area (Å²) in [4.78, 5) is 25.1. The third kappa shape index (κ3) is 2.55. The molecule has 0 radical (unpaired) electrons. The van der Waals surface area contributed by atoms with Gasteiger partial charge in [0.15, 0.2) is 5.96 Å². The minimum absolute atomic E-state index is 0.273. The van der Waals surface area contributed by atoms with Gasteiger partial charge in [-0.15, -0.1) is 0 Å². The lowest BCUT2D eigenvalue weighted by molar-refractivity contribution is 0.100. The number of aliphatic imine (C=N–C) groups is 1. The lowest BCUT2D eigenvalue weighted by atomic mass is 10.1. The Hall–Kier alpha value is -3.74. The molecule has 0 bridgehead atoms. The van der Waals surface area contributed by atoms with E-state index >= 15 is 0 Å². The third-order valence-electron chi connectivity index (χ3n) is 4.11. The molecule has 4 aromatic rings. The van der Waals surface area contributed by atoms with Crippen LogP contribution in [0, 0.1) is 6.92 Å². The smallest absolute Gasteiger partial charge is 0.282 e. The molecule has 4 rings (SSSR count). The van der Waals surface area contributed by atoms with Crippen molar-refractivity contribution in [3.05, 3.63) is 66.1 Å². The molecule has 3 heterocycles. The Balaban J connectivity index is 2.05. The van der Waals surface area contributed by atoms with Gasteiger partial charge in [-0.2, -0.15) is 4.99 Å². The summed E-state index contributed by atoms with van der Waals surface area (Å²) < 4.78 is 1.88. The van der Waals surface area contributed by atoms with Crippen molar-refractivity contribution in [1.82, 2.24) is 14.5 Å². The first-order valence-electron chi connectivity index (χ1n) is 8.01. The summed E-state index contributed by atoms with van der Waals surface area (Å²) in [6.07, 6.45) is 3.40. The Kier molecular flexibility index (Phi) is 3.62. The van der Waals surface area contributed by atoms with Crippen LogP contribution in [0.1, 0.15) is 16.1 Å². The van der Waals surface area contributed by atoms with E-state index in [1.54, 1.807) is 18.5 Å². The number of hydrogen-bond acceptors (Lipinski definition) is 3. The molecule has 4 N–H and O–H groups in total. The summed E-state index contributed by atoms with van der Waals surface area (Å²) in [6.45, 7) is 1.93. The number of fused-ring (bicyclic) bond motifs is 2. The van der Waals surface area contributed by atoms with Crippen LogP contribution in [-0.2, 0) is 0 Å². The van der Waals surface area contributed by atoms with Crippen LogP contribution >= 0.6 is 0 Å². The van der Waals surface area contributed by atoms with Gasteiger partial charge in [0.2, 0.25) is 0 Å². The van der Waals surface area contributed by atoms with E-state index in [4.69, 9.17) is 11.5 Å². The molecule has 1 aromatic carbocycles. The maximum atomic E-state index is 12.4. The molecule has 0 aliphatic carbocycles. The summed E-state index contributed by atoms with van der Waals surface area (Å²) in [5.41, 5.74) is 14.4. The Morgan fingerprint density at radius 1 is 1.12 bits per heavy atom. The topological polar surface area (TPSA) is 112 Å². The predicted octanol–water partition coefficient (Wildman–Crippen LogP) is 2.30. The minimum atomic E-state index is -0.503. The summed E-state index contributed by atoms with van der Waals surface area (Å²) in [5, 5.41) is 1.64. The molecular weight excluding hydrogens is 328 g/mol. The first-order valence-corrected chi connectivity index (χ1v) is 8.01. The Labute approximate surface area is 149 Å². The van der Waals surface area contributed by atoms with E-state index in [0.29, 0.717) is 16.6 Å². The number of nitrogens with two attached hydrogens (primary N) is 2. The molecule has 0 fully saturated rings. The Morgan fingerprint density at radius 3 is 2.69 bits per heavy atom. The molecule has 0 atom stereocenters. The number of hydrogen-bond donors (Lipinski definition) is 2. The Bertz CT molecular complexity index is 1190.